The molecule has 0 fully saturated rings. The Bertz CT molecular complexity index is 3080. The molecule has 1 aliphatic heterocycles. The van der Waals surface area contributed by atoms with Gasteiger partial charge in [0.15, 0.2) is 0 Å². The molecule has 294 valence electrons. The molecule has 2 N–H and O–H groups in total. The molecule has 0 aromatic heterocycles. The summed E-state index contributed by atoms with van der Waals surface area (Å²) in [5.74, 6) is 0. The lowest BCUT2D eigenvalue weighted by Crippen LogP contribution is -2.36. The number of nitrogens with zero attached hydrogens (tertiary/aromatic N) is 2. The van der Waals surface area contributed by atoms with Gasteiger partial charge < -0.3 is 10.6 Å². The van der Waals surface area contributed by atoms with Crippen molar-refractivity contribution in [3.05, 3.63) is 276 Å². The van der Waals surface area contributed by atoms with Crippen molar-refractivity contribution >= 4 is 28.5 Å². The van der Waals surface area contributed by atoms with Crippen LogP contribution in [-0.4, -0.2) is 5.71 Å². The SMILES string of the molecule is N/C(=C\C(=NCc1ccccc1)c1ccc(-c2ccccc2)cc1)c1ccc(-c2ccc3c(c2)-c2ccccc2C32c3ccccc3N(c3ccccc3)c3ccccc32)cc1. The summed E-state index contributed by atoms with van der Waals surface area (Å²) in [5, 5.41) is 0. The highest BCUT2D eigenvalue weighted by Crippen LogP contribution is 2.63. The first kappa shape index (κ1) is 37.0. The molecule has 3 heteroatoms. The van der Waals surface area contributed by atoms with E-state index in [0.29, 0.717) is 12.2 Å². The lowest BCUT2D eigenvalue weighted by atomic mass is 9.64. The van der Waals surface area contributed by atoms with Crippen molar-refractivity contribution in [1.29, 1.82) is 0 Å². The summed E-state index contributed by atoms with van der Waals surface area (Å²) >= 11 is 0. The molecule has 2 aliphatic rings. The minimum Gasteiger partial charge on any atom is -0.398 e. The van der Waals surface area contributed by atoms with Gasteiger partial charge in [-0.1, -0.05) is 200 Å². The zero-order valence-electron chi connectivity index (χ0n) is 34.2. The van der Waals surface area contributed by atoms with Crippen LogP contribution in [0.15, 0.2) is 242 Å². The number of hydrogen-bond acceptors (Lipinski definition) is 3. The molecule has 0 saturated heterocycles. The topological polar surface area (TPSA) is 41.6 Å². The number of anilines is 3. The molecule has 1 aliphatic carbocycles. The van der Waals surface area contributed by atoms with Gasteiger partial charge in [-0.15, -0.1) is 0 Å². The van der Waals surface area contributed by atoms with Crippen LogP contribution in [-0.2, 0) is 12.0 Å². The van der Waals surface area contributed by atoms with Crippen molar-refractivity contribution in [2.75, 3.05) is 4.90 Å². The molecule has 11 rings (SSSR count). The Labute approximate surface area is 363 Å². The lowest BCUT2D eigenvalue weighted by molar-refractivity contribution is 0.753. The first-order chi connectivity index (χ1) is 30.7. The van der Waals surface area contributed by atoms with Gasteiger partial charge in [0, 0.05) is 11.4 Å². The molecule has 0 atom stereocenters. The molecule has 3 nitrogen and oxygen atoms in total. The first-order valence-electron chi connectivity index (χ1n) is 21.3. The molecule has 1 heterocycles. The summed E-state index contributed by atoms with van der Waals surface area (Å²) in [7, 11) is 0. The second-order valence-electron chi connectivity index (χ2n) is 16.1. The largest absolute Gasteiger partial charge is 0.398 e. The van der Waals surface area contributed by atoms with E-state index in [1.807, 2.05) is 18.2 Å². The number of benzene rings is 9. The number of para-hydroxylation sites is 3. The third-order valence-electron chi connectivity index (χ3n) is 12.6. The first-order valence-corrected chi connectivity index (χ1v) is 21.3. The fourth-order valence-electron chi connectivity index (χ4n) is 9.68. The number of rotatable bonds is 8. The summed E-state index contributed by atoms with van der Waals surface area (Å²) in [6.07, 6.45) is 2.01. The van der Waals surface area contributed by atoms with Crippen molar-refractivity contribution in [3.63, 3.8) is 0 Å². The highest BCUT2D eigenvalue weighted by molar-refractivity contribution is 6.12. The minimum absolute atomic E-state index is 0.479. The third-order valence-corrected chi connectivity index (χ3v) is 12.6. The molecular weight excluding hydrogens is 751 g/mol. The fraction of sp³-hybridized carbons (Fsp3) is 0.0339. The maximum absolute atomic E-state index is 6.92. The van der Waals surface area contributed by atoms with Crippen molar-refractivity contribution in [1.82, 2.24) is 0 Å². The van der Waals surface area contributed by atoms with Gasteiger partial charge in [-0.05, 0) is 109 Å². The second-order valence-corrected chi connectivity index (χ2v) is 16.1. The van der Waals surface area contributed by atoms with Gasteiger partial charge in [0.1, 0.15) is 0 Å². The number of nitrogens with two attached hydrogens (primary N) is 1. The summed E-state index contributed by atoms with van der Waals surface area (Å²) in [4.78, 5) is 7.51. The van der Waals surface area contributed by atoms with Gasteiger partial charge in [0.05, 0.1) is 29.0 Å². The summed E-state index contributed by atoms with van der Waals surface area (Å²) in [6, 6.07) is 82.7. The van der Waals surface area contributed by atoms with Crippen LogP contribution < -0.4 is 10.6 Å². The fourth-order valence-corrected chi connectivity index (χ4v) is 9.68. The second kappa shape index (κ2) is 15.5. The van der Waals surface area contributed by atoms with E-state index in [0.717, 1.165) is 44.8 Å². The zero-order valence-corrected chi connectivity index (χ0v) is 34.2. The van der Waals surface area contributed by atoms with Crippen LogP contribution in [0.2, 0.25) is 0 Å². The van der Waals surface area contributed by atoms with Crippen molar-refractivity contribution in [2.45, 2.75) is 12.0 Å². The van der Waals surface area contributed by atoms with E-state index in [2.05, 4.69) is 223 Å². The van der Waals surface area contributed by atoms with Crippen molar-refractivity contribution < 1.29 is 0 Å². The normalized spacial score (nSPS) is 13.6. The third kappa shape index (κ3) is 6.26. The molecule has 0 unspecified atom stereocenters. The van der Waals surface area contributed by atoms with Gasteiger partial charge in [0.2, 0.25) is 0 Å². The van der Waals surface area contributed by atoms with E-state index >= 15 is 0 Å². The van der Waals surface area contributed by atoms with Crippen molar-refractivity contribution in [3.8, 4) is 33.4 Å². The Morgan fingerprint density at radius 2 is 0.919 bits per heavy atom. The van der Waals surface area contributed by atoms with Crippen LogP contribution in [0.25, 0.3) is 39.1 Å². The van der Waals surface area contributed by atoms with Crippen LogP contribution in [0.1, 0.15) is 38.9 Å². The van der Waals surface area contributed by atoms with Gasteiger partial charge in [-0.3, -0.25) is 4.99 Å². The van der Waals surface area contributed by atoms with Gasteiger partial charge in [-0.2, -0.15) is 0 Å². The molecule has 9 aromatic rings. The Morgan fingerprint density at radius 1 is 0.435 bits per heavy atom. The number of fused-ring (bicyclic) bond motifs is 9. The van der Waals surface area contributed by atoms with E-state index in [-0.39, 0.29) is 0 Å². The average Bonchev–Trinajstić information content (AvgIpc) is 3.64. The molecule has 0 bridgehead atoms. The lowest BCUT2D eigenvalue weighted by Gasteiger charge is -2.45. The number of hydrogen-bond donors (Lipinski definition) is 1. The van der Waals surface area contributed by atoms with Crippen molar-refractivity contribution in [2.24, 2.45) is 10.7 Å². The standard InChI is InChI=1S/C59H43N3/c60-55(39-56(61-40-41-16-4-1-5-17-41)46-34-30-43(31-35-46)42-18-6-2-7-19-42)45-32-28-44(29-33-45)47-36-37-52-50(38-47)49-22-10-11-23-51(49)59(52)53-24-12-14-26-57(53)62(48-20-8-3-9-21-48)58-27-15-13-25-54(58)59/h1-39H,40,60H2/b55-39-,61-56?. The molecular formula is C59H43N3. The van der Waals surface area contributed by atoms with Gasteiger partial charge in [-0.25, -0.2) is 0 Å². The Hall–Kier alpha value is -8.01. The minimum atomic E-state index is -0.479. The summed E-state index contributed by atoms with van der Waals surface area (Å²) < 4.78 is 0. The van der Waals surface area contributed by atoms with Crippen LogP contribution >= 0.6 is 0 Å². The van der Waals surface area contributed by atoms with Gasteiger partial charge in [0.25, 0.3) is 0 Å². The Morgan fingerprint density at radius 3 is 1.58 bits per heavy atom. The molecule has 0 radical (unpaired) electrons. The molecule has 1 spiro atoms. The van der Waals surface area contributed by atoms with E-state index in [4.69, 9.17) is 10.7 Å². The molecule has 0 amide bonds. The maximum Gasteiger partial charge on any atom is 0.0754 e. The van der Waals surface area contributed by atoms with E-state index in [9.17, 15) is 0 Å². The van der Waals surface area contributed by atoms with Gasteiger partial charge >= 0.3 is 0 Å². The molecule has 0 saturated carbocycles. The highest BCUT2D eigenvalue weighted by atomic mass is 15.2. The van der Waals surface area contributed by atoms with E-state index in [1.54, 1.807) is 0 Å². The highest BCUT2D eigenvalue weighted by Gasteiger charge is 2.51. The Kier molecular flexibility index (Phi) is 9.28. The smallest absolute Gasteiger partial charge is 0.0754 e. The van der Waals surface area contributed by atoms with E-state index < -0.39 is 5.41 Å². The monoisotopic (exact) mass is 793 g/mol. The number of aliphatic imine (C=N–C) groups is 1. The maximum atomic E-state index is 6.92. The number of allylic oxidation sites excluding steroid dienone is 1. The van der Waals surface area contributed by atoms with Crippen LogP contribution in [0.4, 0.5) is 17.1 Å². The predicted octanol–water partition coefficient (Wildman–Crippen LogP) is 14.2. The summed E-state index contributed by atoms with van der Waals surface area (Å²) in [6.45, 7) is 0.560. The summed E-state index contributed by atoms with van der Waals surface area (Å²) in [5.41, 5.74) is 27.0. The quantitative estimate of drug-likeness (QED) is 0.156. The van der Waals surface area contributed by atoms with Crippen LogP contribution in [0.5, 0.6) is 0 Å². The van der Waals surface area contributed by atoms with Crippen LogP contribution in [0, 0.1) is 0 Å². The van der Waals surface area contributed by atoms with Crippen LogP contribution in [0.3, 0.4) is 0 Å². The van der Waals surface area contributed by atoms with E-state index in [1.165, 1.54) is 50.3 Å². The Balaban J connectivity index is 0.960. The zero-order chi connectivity index (χ0) is 41.5. The average molecular weight is 794 g/mol. The predicted molar refractivity (Wildman–Crippen MR) is 258 cm³/mol. The molecule has 9 aromatic carbocycles. The molecule has 62 heavy (non-hydrogen) atoms.